The zero-order valence-electron chi connectivity index (χ0n) is 28.2. The van der Waals surface area contributed by atoms with Gasteiger partial charge < -0.3 is 20.1 Å². The fourth-order valence-electron chi connectivity index (χ4n) is 10.5. The van der Waals surface area contributed by atoms with Crippen molar-refractivity contribution in [2.75, 3.05) is 0 Å². The Kier molecular flexibility index (Phi) is 9.21. The van der Waals surface area contributed by atoms with Gasteiger partial charge in [-0.15, -0.1) is 0 Å². The highest BCUT2D eigenvalue weighted by molar-refractivity contribution is 5.73. The first-order valence-corrected chi connectivity index (χ1v) is 17.5. The summed E-state index contributed by atoms with van der Waals surface area (Å²) >= 11 is 0. The van der Waals surface area contributed by atoms with Crippen molar-refractivity contribution in [2.45, 2.75) is 180 Å². The number of rotatable bonds is 5. The van der Waals surface area contributed by atoms with Crippen LogP contribution in [0.1, 0.15) is 145 Å². The second kappa shape index (κ2) is 12.0. The average molecular weight is 587 g/mol. The third-order valence-corrected chi connectivity index (χ3v) is 11.6. The number of carbonyl (C=O) groups excluding carboxylic acids is 2. The highest BCUT2D eigenvalue weighted by Gasteiger charge is 2.44. The molecule has 5 rings (SSSR count). The van der Waals surface area contributed by atoms with Crippen LogP contribution in [0.3, 0.4) is 0 Å². The number of fused-ring (bicyclic) bond motifs is 1. The van der Waals surface area contributed by atoms with Gasteiger partial charge in [0.2, 0.25) is 0 Å². The van der Waals surface area contributed by atoms with Gasteiger partial charge in [-0.05, 0) is 143 Å². The summed E-state index contributed by atoms with van der Waals surface area (Å²) in [6, 6.07) is 0. The molecule has 0 aromatic rings. The van der Waals surface area contributed by atoms with Gasteiger partial charge >= 0.3 is 11.9 Å². The van der Waals surface area contributed by atoms with Crippen LogP contribution in [0.25, 0.3) is 0 Å². The number of hydrogen-bond donors (Lipinski definition) is 2. The van der Waals surface area contributed by atoms with E-state index in [1.807, 2.05) is 0 Å². The molecule has 2 aliphatic heterocycles. The van der Waals surface area contributed by atoms with Gasteiger partial charge in [-0.25, -0.2) is 0 Å². The summed E-state index contributed by atoms with van der Waals surface area (Å²) < 4.78 is 12.3. The summed E-state index contributed by atoms with van der Waals surface area (Å²) in [5.74, 6) is 3.26. The van der Waals surface area contributed by atoms with Gasteiger partial charge in [0.25, 0.3) is 0 Å². The summed E-state index contributed by atoms with van der Waals surface area (Å²) in [4.78, 5) is 26.4. The van der Waals surface area contributed by atoms with Crippen molar-refractivity contribution in [1.29, 1.82) is 0 Å². The molecule has 42 heavy (non-hydrogen) atoms. The van der Waals surface area contributed by atoms with E-state index in [4.69, 9.17) is 9.47 Å². The first kappa shape index (κ1) is 32.3. The predicted octanol–water partition coefficient (Wildman–Crippen LogP) is 7.33. The number of carbonyl (C=O) groups is 2. The van der Waals surface area contributed by atoms with Gasteiger partial charge in [-0.3, -0.25) is 9.59 Å². The molecule has 4 atom stereocenters. The van der Waals surface area contributed by atoms with Crippen LogP contribution in [0.2, 0.25) is 0 Å². The normalized spacial score (nSPS) is 38.2. The molecule has 0 spiro atoms. The van der Waals surface area contributed by atoms with Gasteiger partial charge in [0.1, 0.15) is 12.2 Å². The Balaban J connectivity index is 1.05. The van der Waals surface area contributed by atoms with Crippen molar-refractivity contribution in [1.82, 2.24) is 10.6 Å². The minimum absolute atomic E-state index is 0.00977. The summed E-state index contributed by atoms with van der Waals surface area (Å²) in [7, 11) is 0. The molecule has 5 fully saturated rings. The van der Waals surface area contributed by atoms with E-state index in [2.05, 4.69) is 66.0 Å². The molecule has 2 heterocycles. The number of nitrogens with one attached hydrogen (secondary N) is 2. The van der Waals surface area contributed by atoms with E-state index < -0.39 is 0 Å². The van der Waals surface area contributed by atoms with Crippen LogP contribution in [0.5, 0.6) is 0 Å². The van der Waals surface area contributed by atoms with Crippen molar-refractivity contribution >= 4 is 11.9 Å². The van der Waals surface area contributed by atoms with Crippen LogP contribution in [-0.2, 0) is 19.1 Å². The van der Waals surface area contributed by atoms with E-state index in [9.17, 15) is 9.59 Å². The molecule has 0 bridgehead atoms. The molecule has 0 aromatic heterocycles. The number of hydrogen-bond acceptors (Lipinski definition) is 6. The van der Waals surface area contributed by atoms with Crippen LogP contribution in [0.15, 0.2) is 0 Å². The summed E-state index contributed by atoms with van der Waals surface area (Å²) in [6.07, 6.45) is 15.0. The fraction of sp³-hybridized carbons (Fsp3) is 0.944. The lowest BCUT2D eigenvalue weighted by atomic mass is 9.61. The molecular formula is C36H62N2O4. The minimum Gasteiger partial charge on any atom is -0.462 e. The van der Waals surface area contributed by atoms with E-state index in [1.54, 1.807) is 0 Å². The van der Waals surface area contributed by atoms with Gasteiger partial charge in [0, 0.05) is 47.8 Å². The summed E-state index contributed by atoms with van der Waals surface area (Å²) in [6.45, 7) is 17.7. The molecule has 2 saturated heterocycles. The zero-order valence-corrected chi connectivity index (χ0v) is 28.2. The second-order valence-electron chi connectivity index (χ2n) is 17.9. The average Bonchev–Trinajstić information content (AvgIpc) is 2.84. The highest BCUT2D eigenvalue weighted by Crippen LogP contribution is 2.49. The Morgan fingerprint density at radius 2 is 0.810 bits per heavy atom. The Bertz CT molecular complexity index is 944. The predicted molar refractivity (Wildman–Crippen MR) is 168 cm³/mol. The van der Waals surface area contributed by atoms with Crippen LogP contribution in [0, 0.1) is 35.5 Å². The van der Waals surface area contributed by atoms with E-state index in [0.29, 0.717) is 5.92 Å². The van der Waals surface area contributed by atoms with E-state index in [1.165, 1.54) is 38.5 Å². The Morgan fingerprint density at radius 1 is 0.476 bits per heavy atom. The van der Waals surface area contributed by atoms with Crippen molar-refractivity contribution < 1.29 is 19.1 Å². The van der Waals surface area contributed by atoms with Crippen molar-refractivity contribution in [3.05, 3.63) is 0 Å². The smallest absolute Gasteiger partial charge is 0.309 e. The lowest BCUT2D eigenvalue weighted by molar-refractivity contribution is -0.162. The van der Waals surface area contributed by atoms with Gasteiger partial charge in [-0.1, -0.05) is 0 Å². The Hall–Kier alpha value is -1.14. The quantitative estimate of drug-likeness (QED) is 0.329. The van der Waals surface area contributed by atoms with Gasteiger partial charge in [-0.2, -0.15) is 0 Å². The minimum atomic E-state index is -0.0102. The SMILES string of the molecule is CC1(C)CC(OC(=O)C2CCC(C3CCC4CC(C(=O)OC5CC(C)(C)NC(C)(C)C5)CCC4C3)CC2)CC(C)(C)N1. The zero-order chi connectivity index (χ0) is 30.5. The largest absolute Gasteiger partial charge is 0.462 e. The third-order valence-electron chi connectivity index (χ3n) is 11.6. The molecule has 4 unspecified atom stereocenters. The second-order valence-corrected chi connectivity index (χ2v) is 17.9. The van der Waals surface area contributed by atoms with Crippen LogP contribution >= 0.6 is 0 Å². The van der Waals surface area contributed by atoms with Gasteiger partial charge in [0.05, 0.1) is 11.8 Å². The van der Waals surface area contributed by atoms with Crippen LogP contribution in [0.4, 0.5) is 0 Å². The Morgan fingerprint density at radius 3 is 1.29 bits per heavy atom. The Labute approximate surface area is 256 Å². The summed E-state index contributed by atoms with van der Waals surface area (Å²) in [5, 5.41) is 7.39. The molecule has 3 aliphatic carbocycles. The van der Waals surface area contributed by atoms with Crippen LogP contribution in [-0.4, -0.2) is 46.3 Å². The number of piperidine rings is 2. The topological polar surface area (TPSA) is 76.7 Å². The molecule has 3 saturated carbocycles. The van der Waals surface area contributed by atoms with Gasteiger partial charge in [0.15, 0.2) is 0 Å². The molecule has 0 aromatic carbocycles. The number of ether oxygens (including phenoxy) is 2. The number of esters is 2. The first-order chi connectivity index (χ1) is 19.5. The maximum Gasteiger partial charge on any atom is 0.309 e. The van der Waals surface area contributed by atoms with Crippen molar-refractivity contribution in [3.63, 3.8) is 0 Å². The first-order valence-electron chi connectivity index (χ1n) is 17.5. The lowest BCUT2D eigenvalue weighted by Crippen LogP contribution is -2.60. The molecular weight excluding hydrogens is 524 g/mol. The van der Waals surface area contributed by atoms with E-state index in [-0.39, 0.29) is 58.1 Å². The van der Waals surface area contributed by atoms with E-state index in [0.717, 1.165) is 69.1 Å². The monoisotopic (exact) mass is 586 g/mol. The molecule has 5 aliphatic rings. The highest BCUT2D eigenvalue weighted by atomic mass is 16.5. The summed E-state index contributed by atoms with van der Waals surface area (Å²) in [5.41, 5.74) is -0.0400. The molecule has 6 heteroatoms. The molecule has 0 amide bonds. The third kappa shape index (κ3) is 8.11. The molecule has 240 valence electrons. The van der Waals surface area contributed by atoms with Crippen molar-refractivity contribution in [3.8, 4) is 0 Å². The maximum absolute atomic E-state index is 13.3. The standard InChI is InChI=1S/C36H62N2O4/c1-33(2)19-29(20-34(3,4)37-33)41-31(39)24-11-9-23(10-12-24)25-13-14-27-18-28(16-15-26(27)17-25)32(40)42-30-21-35(5,6)38-36(7,8)22-30/h23-30,37-38H,9-22H2,1-8H3. The maximum atomic E-state index is 13.3. The molecule has 6 nitrogen and oxygen atoms in total. The van der Waals surface area contributed by atoms with Crippen LogP contribution < -0.4 is 10.6 Å². The molecule has 0 radical (unpaired) electrons. The van der Waals surface area contributed by atoms with Crippen molar-refractivity contribution in [2.24, 2.45) is 35.5 Å². The lowest BCUT2D eigenvalue weighted by Gasteiger charge is -2.47. The van der Waals surface area contributed by atoms with E-state index >= 15 is 0 Å². The fourth-order valence-corrected chi connectivity index (χ4v) is 10.5. The molecule has 2 N–H and O–H groups in total.